The third kappa shape index (κ3) is 4.01. The first-order valence-corrected chi connectivity index (χ1v) is 9.25. The molecule has 0 bridgehead atoms. The number of nitrogens with zero attached hydrogens (tertiary/aromatic N) is 3. The minimum atomic E-state index is -0.627. The molecule has 9 heteroatoms. The van der Waals surface area contributed by atoms with Gasteiger partial charge in [0.15, 0.2) is 6.61 Å². The molecule has 4 aromatic rings. The highest BCUT2D eigenvalue weighted by Gasteiger charge is 2.22. The number of aromatic nitrogens is 3. The van der Waals surface area contributed by atoms with Gasteiger partial charge in [0.2, 0.25) is 0 Å². The van der Waals surface area contributed by atoms with Gasteiger partial charge in [-0.1, -0.05) is 58.7 Å². The van der Waals surface area contributed by atoms with Crippen molar-refractivity contribution in [3.8, 4) is 22.7 Å². The standard InChI is InChI=1S/C20H13Cl2N3O4/c1-11-17(18(25-29-11)12-5-3-2-4-6-12)19-24-23-16(28-19)10-27-20(26)14-8-7-13(21)9-15(14)22/h2-9H,10H2,1H3. The van der Waals surface area contributed by atoms with Crippen LogP contribution in [0.15, 0.2) is 57.5 Å². The Balaban J connectivity index is 1.53. The fraction of sp³-hybridized carbons (Fsp3) is 0.100. The fourth-order valence-electron chi connectivity index (χ4n) is 2.69. The highest BCUT2D eigenvalue weighted by atomic mass is 35.5. The van der Waals surface area contributed by atoms with Crippen LogP contribution in [-0.2, 0) is 11.3 Å². The highest BCUT2D eigenvalue weighted by Crippen LogP contribution is 2.33. The lowest BCUT2D eigenvalue weighted by atomic mass is 10.1. The average Bonchev–Trinajstić information content (AvgIpc) is 3.33. The minimum Gasteiger partial charge on any atom is -0.452 e. The van der Waals surface area contributed by atoms with Crippen LogP contribution in [0.2, 0.25) is 10.0 Å². The molecule has 0 fully saturated rings. The maximum absolute atomic E-state index is 12.2. The normalized spacial score (nSPS) is 10.9. The van der Waals surface area contributed by atoms with Crippen molar-refractivity contribution in [3.63, 3.8) is 0 Å². The van der Waals surface area contributed by atoms with Gasteiger partial charge >= 0.3 is 5.97 Å². The summed E-state index contributed by atoms with van der Waals surface area (Å²) >= 11 is 11.9. The molecular formula is C20H13Cl2N3O4. The predicted octanol–water partition coefficient (Wildman–Crippen LogP) is 5.36. The summed E-state index contributed by atoms with van der Waals surface area (Å²) in [5.41, 5.74) is 2.21. The van der Waals surface area contributed by atoms with Crippen molar-refractivity contribution in [2.75, 3.05) is 0 Å². The van der Waals surface area contributed by atoms with E-state index in [4.69, 9.17) is 36.9 Å². The number of rotatable bonds is 5. The molecule has 0 unspecified atom stereocenters. The van der Waals surface area contributed by atoms with Gasteiger partial charge in [-0.05, 0) is 25.1 Å². The van der Waals surface area contributed by atoms with E-state index < -0.39 is 5.97 Å². The molecule has 0 atom stereocenters. The summed E-state index contributed by atoms with van der Waals surface area (Å²) in [6.07, 6.45) is 0. The second-order valence-electron chi connectivity index (χ2n) is 6.03. The lowest BCUT2D eigenvalue weighted by molar-refractivity contribution is 0.0439. The Labute approximate surface area is 175 Å². The number of halogens is 2. The zero-order valence-electron chi connectivity index (χ0n) is 15.1. The Hall–Kier alpha value is -3.16. The van der Waals surface area contributed by atoms with Gasteiger partial charge in [-0.15, -0.1) is 10.2 Å². The molecular weight excluding hydrogens is 417 g/mol. The summed E-state index contributed by atoms with van der Waals surface area (Å²) in [7, 11) is 0. The summed E-state index contributed by atoms with van der Waals surface area (Å²) in [5, 5.41) is 12.7. The van der Waals surface area contributed by atoms with Crippen LogP contribution < -0.4 is 0 Å². The quantitative estimate of drug-likeness (QED) is 0.394. The monoisotopic (exact) mass is 429 g/mol. The zero-order valence-corrected chi connectivity index (χ0v) is 16.6. The van der Waals surface area contributed by atoms with Gasteiger partial charge in [-0.3, -0.25) is 0 Å². The second kappa shape index (κ2) is 8.06. The van der Waals surface area contributed by atoms with E-state index in [1.54, 1.807) is 13.0 Å². The molecule has 2 aromatic heterocycles. The lowest BCUT2D eigenvalue weighted by Gasteiger charge is -2.04. The Bertz CT molecular complexity index is 1170. The number of hydrogen-bond acceptors (Lipinski definition) is 7. The molecule has 4 rings (SSSR count). The van der Waals surface area contributed by atoms with Crippen LogP contribution in [0.5, 0.6) is 0 Å². The molecule has 0 aliphatic heterocycles. The van der Waals surface area contributed by atoms with Gasteiger partial charge in [0, 0.05) is 10.6 Å². The molecule has 0 N–H and O–H groups in total. The first kappa shape index (κ1) is 19.2. The molecule has 2 heterocycles. The van der Waals surface area contributed by atoms with E-state index in [9.17, 15) is 4.79 Å². The number of carbonyl (C=O) groups is 1. The molecule has 0 amide bonds. The van der Waals surface area contributed by atoms with Crippen molar-refractivity contribution in [2.45, 2.75) is 13.5 Å². The SMILES string of the molecule is Cc1onc(-c2ccccc2)c1-c1nnc(COC(=O)c2ccc(Cl)cc2Cl)o1. The molecule has 2 aromatic carbocycles. The Kier molecular flexibility index (Phi) is 5.33. The van der Waals surface area contributed by atoms with Crippen molar-refractivity contribution in [1.29, 1.82) is 0 Å². The van der Waals surface area contributed by atoms with E-state index in [1.165, 1.54) is 12.1 Å². The molecule has 0 saturated carbocycles. The summed E-state index contributed by atoms with van der Waals surface area (Å²) in [4.78, 5) is 12.2. The van der Waals surface area contributed by atoms with Crippen molar-refractivity contribution < 1.29 is 18.5 Å². The lowest BCUT2D eigenvalue weighted by Crippen LogP contribution is -2.06. The molecule has 146 valence electrons. The van der Waals surface area contributed by atoms with Gasteiger partial charge in [0.05, 0.1) is 10.6 Å². The van der Waals surface area contributed by atoms with E-state index in [2.05, 4.69) is 15.4 Å². The zero-order chi connectivity index (χ0) is 20.4. The van der Waals surface area contributed by atoms with Crippen LogP contribution >= 0.6 is 23.2 Å². The minimum absolute atomic E-state index is 0.123. The Morgan fingerprint density at radius 2 is 1.90 bits per heavy atom. The first-order valence-electron chi connectivity index (χ1n) is 8.49. The third-order valence-electron chi connectivity index (χ3n) is 4.07. The summed E-state index contributed by atoms with van der Waals surface area (Å²) in [6.45, 7) is 1.54. The maximum atomic E-state index is 12.2. The van der Waals surface area contributed by atoms with Crippen LogP contribution in [0, 0.1) is 6.92 Å². The van der Waals surface area contributed by atoms with Crippen molar-refractivity contribution in [2.24, 2.45) is 0 Å². The van der Waals surface area contributed by atoms with Crippen molar-refractivity contribution in [3.05, 3.63) is 75.8 Å². The Morgan fingerprint density at radius 1 is 1.10 bits per heavy atom. The van der Waals surface area contributed by atoms with E-state index >= 15 is 0 Å². The van der Waals surface area contributed by atoms with Crippen molar-refractivity contribution in [1.82, 2.24) is 15.4 Å². The summed E-state index contributed by atoms with van der Waals surface area (Å²) in [5.74, 6) is 0.248. The number of aryl methyl sites for hydroxylation is 1. The Morgan fingerprint density at radius 3 is 2.66 bits per heavy atom. The molecule has 7 nitrogen and oxygen atoms in total. The number of benzene rings is 2. The summed E-state index contributed by atoms with van der Waals surface area (Å²) < 4.78 is 16.2. The van der Waals surface area contributed by atoms with E-state index in [0.717, 1.165) is 5.56 Å². The largest absolute Gasteiger partial charge is 0.452 e. The van der Waals surface area contributed by atoms with Crippen LogP contribution in [0.1, 0.15) is 22.0 Å². The van der Waals surface area contributed by atoms with Crippen LogP contribution in [0.3, 0.4) is 0 Å². The van der Waals surface area contributed by atoms with Crippen molar-refractivity contribution >= 4 is 29.2 Å². The first-order chi connectivity index (χ1) is 14.0. The number of hydrogen-bond donors (Lipinski definition) is 0. The second-order valence-corrected chi connectivity index (χ2v) is 6.87. The van der Waals surface area contributed by atoms with Gasteiger partial charge in [0.1, 0.15) is 17.0 Å². The highest BCUT2D eigenvalue weighted by molar-refractivity contribution is 6.36. The van der Waals surface area contributed by atoms with Gasteiger partial charge < -0.3 is 13.7 Å². The topological polar surface area (TPSA) is 91.3 Å². The molecule has 29 heavy (non-hydrogen) atoms. The van der Waals surface area contributed by atoms with Gasteiger partial charge in [0.25, 0.3) is 11.8 Å². The van der Waals surface area contributed by atoms with Crippen LogP contribution in [-0.4, -0.2) is 21.3 Å². The smallest absolute Gasteiger partial charge is 0.340 e. The fourth-order valence-corrected chi connectivity index (χ4v) is 3.18. The predicted molar refractivity (Wildman–Crippen MR) is 106 cm³/mol. The van der Waals surface area contributed by atoms with E-state index in [0.29, 0.717) is 22.0 Å². The van der Waals surface area contributed by atoms with Crippen LogP contribution in [0.4, 0.5) is 0 Å². The number of carbonyl (C=O) groups excluding carboxylic acids is 1. The average molecular weight is 430 g/mol. The van der Waals surface area contributed by atoms with E-state index in [1.807, 2.05) is 30.3 Å². The number of esters is 1. The molecule has 0 aliphatic rings. The molecule has 0 spiro atoms. The maximum Gasteiger partial charge on any atom is 0.340 e. The van der Waals surface area contributed by atoms with Gasteiger partial charge in [-0.2, -0.15) is 0 Å². The molecule has 0 saturated heterocycles. The summed E-state index contributed by atoms with van der Waals surface area (Å²) in [6, 6.07) is 14.0. The van der Waals surface area contributed by atoms with Crippen LogP contribution in [0.25, 0.3) is 22.7 Å². The third-order valence-corrected chi connectivity index (χ3v) is 4.62. The van der Waals surface area contributed by atoms with E-state index in [-0.39, 0.29) is 29.0 Å². The molecule has 0 radical (unpaired) electrons. The number of ether oxygens (including phenoxy) is 1. The van der Waals surface area contributed by atoms with Gasteiger partial charge in [-0.25, -0.2) is 4.79 Å². The molecule has 0 aliphatic carbocycles.